The van der Waals surface area contributed by atoms with E-state index in [9.17, 15) is 9.59 Å². The van der Waals surface area contributed by atoms with Crippen LogP contribution in [-0.4, -0.2) is 41.5 Å². The molecule has 0 unspecified atom stereocenters. The highest BCUT2D eigenvalue weighted by Gasteiger charge is 2.14. The van der Waals surface area contributed by atoms with Gasteiger partial charge in [0.2, 0.25) is 11.9 Å². The molecule has 0 spiro atoms. The van der Waals surface area contributed by atoms with Crippen LogP contribution >= 0.6 is 0 Å². The van der Waals surface area contributed by atoms with Crippen LogP contribution in [0.2, 0.25) is 0 Å². The van der Waals surface area contributed by atoms with Crippen molar-refractivity contribution in [3.63, 3.8) is 0 Å². The second-order valence-electron chi connectivity index (χ2n) is 8.03. The van der Waals surface area contributed by atoms with Crippen molar-refractivity contribution in [2.75, 3.05) is 10.9 Å². The highest BCUT2D eigenvalue weighted by Crippen LogP contribution is 2.24. The number of hydrogen-bond donors (Lipinski definition) is 2. The predicted octanol–water partition coefficient (Wildman–Crippen LogP) is 0.853. The Morgan fingerprint density at radius 2 is 1.25 bits per heavy atom. The van der Waals surface area contributed by atoms with Gasteiger partial charge in [0.1, 0.15) is 12.7 Å². The molecule has 0 aliphatic rings. The molecule has 12 nitrogen and oxygen atoms in total. The van der Waals surface area contributed by atoms with Gasteiger partial charge in [-0.1, -0.05) is 20.8 Å². The second kappa shape index (κ2) is 9.29. The van der Waals surface area contributed by atoms with Crippen LogP contribution in [0, 0.1) is 0 Å². The normalized spacial score (nSPS) is 11.9. The smallest absolute Gasteiger partial charge is 0.286 e. The maximum Gasteiger partial charge on any atom is 0.351 e. The summed E-state index contributed by atoms with van der Waals surface area (Å²) in [5.74, 6) is 0.215. The number of benzene rings is 1. The van der Waals surface area contributed by atoms with Crippen LogP contribution in [0.3, 0.4) is 0 Å². The fourth-order valence-corrected chi connectivity index (χ4v) is 2.47. The largest absolute Gasteiger partial charge is 0.351 e. The van der Waals surface area contributed by atoms with E-state index in [1.807, 2.05) is 18.2 Å². The van der Waals surface area contributed by atoms with E-state index in [2.05, 4.69) is 61.8 Å². The molecule has 12 heteroatoms. The average molecular weight is 436 g/mol. The van der Waals surface area contributed by atoms with Crippen molar-refractivity contribution in [3.8, 4) is 0 Å². The Bertz CT molecular complexity index is 1190. The molecule has 3 aromatic rings. The van der Waals surface area contributed by atoms with Crippen LogP contribution in [0.4, 0.5) is 11.9 Å². The molecule has 0 atom stereocenters. The van der Waals surface area contributed by atoms with Gasteiger partial charge in [-0.2, -0.15) is 20.2 Å². The van der Waals surface area contributed by atoms with Gasteiger partial charge in [-0.25, -0.2) is 30.4 Å². The van der Waals surface area contributed by atoms with Crippen LogP contribution in [0.15, 0.2) is 50.6 Å². The molecular formula is C20H24N10O2. The van der Waals surface area contributed by atoms with Crippen molar-refractivity contribution in [2.24, 2.45) is 24.3 Å². The molecule has 3 rings (SSSR count). The summed E-state index contributed by atoms with van der Waals surface area (Å²) in [6.07, 6.45) is 5.93. The number of hydrazone groups is 2. The minimum absolute atomic E-state index is 0.108. The summed E-state index contributed by atoms with van der Waals surface area (Å²) in [6.45, 7) is 6.30. The molecule has 0 saturated heterocycles. The summed E-state index contributed by atoms with van der Waals surface area (Å²) in [5, 5.41) is 8.25. The SMILES string of the molecule is Cn1cnc(N/N=C/c2cc(/C=N/Nc3ncn(C)c(=O)n3)cc(C(C)(C)C)c2)nc1=O. The predicted molar refractivity (Wildman–Crippen MR) is 122 cm³/mol. The van der Waals surface area contributed by atoms with Gasteiger partial charge >= 0.3 is 11.4 Å². The quantitative estimate of drug-likeness (QED) is 0.427. The Hall–Kier alpha value is -4.22. The third kappa shape index (κ3) is 5.90. The molecule has 2 heterocycles. The number of nitrogens with zero attached hydrogens (tertiary/aromatic N) is 8. The van der Waals surface area contributed by atoms with Gasteiger partial charge in [0.15, 0.2) is 0 Å². The van der Waals surface area contributed by atoms with Gasteiger partial charge in [-0.15, -0.1) is 0 Å². The molecule has 0 bridgehead atoms. The lowest BCUT2D eigenvalue weighted by Crippen LogP contribution is -2.21. The summed E-state index contributed by atoms with van der Waals surface area (Å²) >= 11 is 0. The summed E-state index contributed by atoms with van der Waals surface area (Å²) in [5.41, 5.74) is 7.01. The zero-order chi connectivity index (χ0) is 23.3. The van der Waals surface area contributed by atoms with E-state index in [0.717, 1.165) is 16.7 Å². The van der Waals surface area contributed by atoms with Crippen molar-refractivity contribution in [2.45, 2.75) is 26.2 Å². The molecule has 2 N–H and O–H groups in total. The topological polar surface area (TPSA) is 144 Å². The van der Waals surface area contributed by atoms with Crippen molar-refractivity contribution in [1.82, 2.24) is 29.1 Å². The molecule has 2 aromatic heterocycles. The molecule has 0 radical (unpaired) electrons. The standard InChI is InChI=1S/C20H24N10O2/c1-20(2,3)15-7-13(9-23-27-16-21-11-29(4)18(31)25-16)6-14(8-15)10-24-28-17-22-12-30(5)19(32)26-17/h6-12H,1-5H3,(H,25,27,31)(H,26,28,32)/b23-9+,24-10+. The molecule has 0 amide bonds. The number of aryl methyl sites for hydroxylation is 2. The maximum atomic E-state index is 11.6. The van der Waals surface area contributed by atoms with Gasteiger partial charge in [0.25, 0.3) is 0 Å². The first-order valence-corrected chi connectivity index (χ1v) is 9.65. The van der Waals surface area contributed by atoms with E-state index in [4.69, 9.17) is 0 Å². The van der Waals surface area contributed by atoms with Gasteiger partial charge in [0.05, 0.1) is 12.4 Å². The Morgan fingerprint density at radius 1 is 0.812 bits per heavy atom. The van der Waals surface area contributed by atoms with E-state index in [-0.39, 0.29) is 17.3 Å². The van der Waals surface area contributed by atoms with Gasteiger partial charge in [0, 0.05) is 14.1 Å². The summed E-state index contributed by atoms with van der Waals surface area (Å²) in [7, 11) is 3.13. The highest BCUT2D eigenvalue weighted by atomic mass is 16.1. The number of hydrogen-bond acceptors (Lipinski definition) is 10. The first-order valence-electron chi connectivity index (χ1n) is 9.65. The third-order valence-corrected chi connectivity index (χ3v) is 4.31. The van der Waals surface area contributed by atoms with Crippen molar-refractivity contribution in [1.29, 1.82) is 0 Å². The Balaban J connectivity index is 1.80. The Kier molecular flexibility index (Phi) is 6.52. The minimum atomic E-state index is -0.432. The molecule has 1 aromatic carbocycles. The van der Waals surface area contributed by atoms with E-state index in [0.29, 0.717) is 0 Å². The third-order valence-electron chi connectivity index (χ3n) is 4.31. The molecule has 0 aliphatic carbocycles. The maximum absolute atomic E-state index is 11.6. The average Bonchev–Trinajstić information content (AvgIpc) is 2.72. The Labute approximate surface area is 183 Å². The second-order valence-corrected chi connectivity index (χ2v) is 8.03. The summed E-state index contributed by atoms with van der Waals surface area (Å²) in [6, 6.07) is 5.89. The van der Waals surface area contributed by atoms with Crippen LogP contribution in [0.25, 0.3) is 0 Å². The first-order chi connectivity index (χ1) is 15.1. The van der Waals surface area contributed by atoms with Crippen LogP contribution in [0.5, 0.6) is 0 Å². The fourth-order valence-electron chi connectivity index (χ4n) is 2.47. The van der Waals surface area contributed by atoms with Crippen LogP contribution < -0.4 is 22.2 Å². The number of nitrogens with one attached hydrogen (secondary N) is 2. The van der Waals surface area contributed by atoms with Crippen molar-refractivity contribution in [3.05, 3.63) is 68.5 Å². The van der Waals surface area contributed by atoms with Gasteiger partial charge in [-0.3, -0.25) is 9.13 Å². The lowest BCUT2D eigenvalue weighted by atomic mass is 9.85. The number of anilines is 2. The van der Waals surface area contributed by atoms with E-state index in [1.165, 1.54) is 21.8 Å². The number of rotatable bonds is 6. The number of aromatic nitrogens is 6. The molecule has 0 fully saturated rings. The van der Waals surface area contributed by atoms with Crippen molar-refractivity contribution >= 4 is 24.3 Å². The van der Waals surface area contributed by atoms with Gasteiger partial charge in [-0.05, 0) is 40.3 Å². The molecule has 32 heavy (non-hydrogen) atoms. The van der Waals surface area contributed by atoms with Crippen molar-refractivity contribution < 1.29 is 0 Å². The molecule has 0 saturated carbocycles. The molecular weight excluding hydrogens is 412 g/mol. The zero-order valence-corrected chi connectivity index (χ0v) is 18.4. The lowest BCUT2D eigenvalue weighted by molar-refractivity contribution is 0.590. The summed E-state index contributed by atoms with van der Waals surface area (Å²) in [4.78, 5) is 38.7. The van der Waals surface area contributed by atoms with Crippen LogP contribution in [-0.2, 0) is 19.5 Å². The van der Waals surface area contributed by atoms with E-state index in [1.54, 1.807) is 26.5 Å². The van der Waals surface area contributed by atoms with E-state index >= 15 is 0 Å². The fraction of sp³-hybridized carbons (Fsp3) is 0.300. The highest BCUT2D eigenvalue weighted by molar-refractivity contribution is 5.87. The monoisotopic (exact) mass is 436 g/mol. The molecule has 166 valence electrons. The van der Waals surface area contributed by atoms with E-state index < -0.39 is 11.4 Å². The Morgan fingerprint density at radius 3 is 1.62 bits per heavy atom. The van der Waals surface area contributed by atoms with Crippen LogP contribution in [0.1, 0.15) is 37.5 Å². The lowest BCUT2D eigenvalue weighted by Gasteiger charge is -2.20. The minimum Gasteiger partial charge on any atom is -0.286 e. The van der Waals surface area contributed by atoms with Gasteiger partial charge < -0.3 is 0 Å². The zero-order valence-electron chi connectivity index (χ0n) is 18.4. The molecule has 0 aliphatic heterocycles. The first kappa shape index (κ1) is 22.5. The summed E-state index contributed by atoms with van der Waals surface area (Å²) < 4.78 is 2.53.